The highest BCUT2D eigenvalue weighted by molar-refractivity contribution is 5.96. The molecule has 2 saturated carbocycles. The number of ether oxygens (including phenoxy) is 2. The molecule has 0 aromatic rings. The highest BCUT2D eigenvalue weighted by Crippen LogP contribution is 2.68. The quantitative estimate of drug-likeness (QED) is 0.660. The maximum atomic E-state index is 12.4. The molecule has 0 N–H and O–H groups in total. The second kappa shape index (κ2) is 3.26. The van der Waals surface area contributed by atoms with Gasteiger partial charge in [0.2, 0.25) is 0 Å². The third kappa shape index (κ3) is 1.11. The zero-order valence-corrected chi connectivity index (χ0v) is 10.9. The van der Waals surface area contributed by atoms with E-state index in [-0.39, 0.29) is 10.8 Å². The van der Waals surface area contributed by atoms with E-state index in [1.807, 2.05) is 12.2 Å². The second-order valence-electron chi connectivity index (χ2n) is 6.75. The number of rotatable bonds is 0. The molecule has 3 aliphatic carbocycles. The van der Waals surface area contributed by atoms with Gasteiger partial charge in [-0.25, -0.2) is 0 Å². The molecule has 4 rings (SSSR count). The van der Waals surface area contributed by atoms with Gasteiger partial charge in [0.05, 0.1) is 13.2 Å². The van der Waals surface area contributed by atoms with Gasteiger partial charge in [0, 0.05) is 17.3 Å². The Balaban J connectivity index is 1.80. The highest BCUT2D eigenvalue weighted by atomic mass is 16.7. The van der Waals surface area contributed by atoms with Crippen LogP contribution >= 0.6 is 0 Å². The van der Waals surface area contributed by atoms with Crippen molar-refractivity contribution in [3.05, 3.63) is 12.2 Å². The summed E-state index contributed by atoms with van der Waals surface area (Å²) in [7, 11) is 0. The predicted molar refractivity (Wildman–Crippen MR) is 65.9 cm³/mol. The summed E-state index contributed by atoms with van der Waals surface area (Å²) in [5.74, 6) is 0.377. The lowest BCUT2D eigenvalue weighted by atomic mass is 9.57. The van der Waals surface area contributed by atoms with Gasteiger partial charge in [-0.05, 0) is 37.7 Å². The van der Waals surface area contributed by atoms with Crippen molar-refractivity contribution in [2.24, 2.45) is 16.7 Å². The van der Waals surface area contributed by atoms with Crippen LogP contribution in [0.1, 0.15) is 39.0 Å². The molecule has 3 nitrogen and oxygen atoms in total. The lowest BCUT2D eigenvalue weighted by molar-refractivity contribution is -0.261. The van der Waals surface area contributed by atoms with Crippen LogP contribution in [0, 0.1) is 16.7 Å². The molecule has 1 saturated heterocycles. The SMILES string of the molecule is C[C@]12CC[C@@]3(C1)C(=O)C=CC[C@H]3CC21OCCO1. The Kier molecular flexibility index (Phi) is 2.02. The van der Waals surface area contributed by atoms with E-state index in [0.717, 1.165) is 32.1 Å². The van der Waals surface area contributed by atoms with E-state index >= 15 is 0 Å². The van der Waals surface area contributed by atoms with Crippen LogP contribution in [0.2, 0.25) is 0 Å². The van der Waals surface area contributed by atoms with Crippen molar-refractivity contribution in [1.29, 1.82) is 0 Å². The van der Waals surface area contributed by atoms with Crippen LogP contribution in [0.15, 0.2) is 12.2 Å². The molecule has 1 heterocycles. The molecule has 0 amide bonds. The van der Waals surface area contributed by atoms with Gasteiger partial charge < -0.3 is 9.47 Å². The van der Waals surface area contributed by atoms with Gasteiger partial charge in [0.25, 0.3) is 0 Å². The molecule has 0 unspecified atom stereocenters. The van der Waals surface area contributed by atoms with E-state index in [1.165, 1.54) is 0 Å². The monoisotopic (exact) mass is 248 g/mol. The first kappa shape index (κ1) is 11.2. The van der Waals surface area contributed by atoms with Crippen LogP contribution in [-0.4, -0.2) is 24.8 Å². The van der Waals surface area contributed by atoms with E-state index < -0.39 is 5.79 Å². The van der Waals surface area contributed by atoms with E-state index in [4.69, 9.17) is 9.47 Å². The summed E-state index contributed by atoms with van der Waals surface area (Å²) in [5.41, 5.74) is -0.0646. The predicted octanol–water partition coefficient (Wildman–Crippen LogP) is 2.46. The van der Waals surface area contributed by atoms with Gasteiger partial charge in [-0.15, -0.1) is 0 Å². The Morgan fingerprint density at radius 2 is 2.06 bits per heavy atom. The number of carbonyl (C=O) groups excluding carboxylic acids is 1. The first-order valence-electron chi connectivity index (χ1n) is 7.09. The summed E-state index contributed by atoms with van der Waals surface area (Å²) in [6.07, 6.45) is 8.80. The van der Waals surface area contributed by atoms with Gasteiger partial charge in [-0.2, -0.15) is 0 Å². The molecule has 2 bridgehead atoms. The summed E-state index contributed by atoms with van der Waals surface area (Å²) in [5, 5.41) is 0. The summed E-state index contributed by atoms with van der Waals surface area (Å²) < 4.78 is 12.1. The van der Waals surface area contributed by atoms with E-state index in [2.05, 4.69) is 6.92 Å². The molecule has 3 atom stereocenters. The lowest BCUT2D eigenvalue weighted by Crippen LogP contribution is -2.55. The fourth-order valence-corrected chi connectivity index (χ4v) is 4.96. The lowest BCUT2D eigenvalue weighted by Gasteiger charge is -2.52. The molecule has 4 aliphatic rings. The molecule has 0 aromatic heterocycles. The zero-order valence-electron chi connectivity index (χ0n) is 10.9. The molecule has 3 heteroatoms. The van der Waals surface area contributed by atoms with Crippen molar-refractivity contribution in [2.75, 3.05) is 13.2 Å². The molecule has 98 valence electrons. The Morgan fingerprint density at radius 3 is 2.83 bits per heavy atom. The van der Waals surface area contributed by atoms with Crippen molar-refractivity contribution >= 4 is 5.78 Å². The van der Waals surface area contributed by atoms with Gasteiger partial charge in [-0.1, -0.05) is 13.0 Å². The number of carbonyl (C=O) groups is 1. The van der Waals surface area contributed by atoms with Crippen LogP contribution in [0.25, 0.3) is 0 Å². The third-order valence-electron chi connectivity index (χ3n) is 5.98. The molecule has 1 aliphatic heterocycles. The largest absolute Gasteiger partial charge is 0.347 e. The van der Waals surface area contributed by atoms with Gasteiger partial charge in [-0.3, -0.25) is 4.79 Å². The number of ketones is 1. The number of fused-ring (bicyclic) bond motifs is 2. The molecule has 0 aromatic carbocycles. The minimum atomic E-state index is -0.400. The van der Waals surface area contributed by atoms with E-state index in [0.29, 0.717) is 24.9 Å². The maximum absolute atomic E-state index is 12.4. The number of hydrogen-bond acceptors (Lipinski definition) is 3. The van der Waals surface area contributed by atoms with Crippen LogP contribution in [-0.2, 0) is 14.3 Å². The van der Waals surface area contributed by atoms with E-state index in [1.54, 1.807) is 0 Å². The summed E-state index contributed by atoms with van der Waals surface area (Å²) >= 11 is 0. The minimum Gasteiger partial charge on any atom is -0.347 e. The smallest absolute Gasteiger partial charge is 0.174 e. The molecule has 0 radical (unpaired) electrons. The minimum absolute atomic E-state index is 0.0286. The van der Waals surface area contributed by atoms with Crippen molar-refractivity contribution in [3.63, 3.8) is 0 Å². The Bertz CT molecular complexity index is 435. The van der Waals surface area contributed by atoms with Crippen LogP contribution in [0.3, 0.4) is 0 Å². The van der Waals surface area contributed by atoms with Gasteiger partial charge in [0.1, 0.15) is 0 Å². The van der Waals surface area contributed by atoms with Gasteiger partial charge in [0.15, 0.2) is 11.6 Å². The number of allylic oxidation sites excluding steroid dienone is 2. The second-order valence-corrected chi connectivity index (χ2v) is 6.75. The average molecular weight is 248 g/mol. The standard InChI is InChI=1S/C15H20O3/c1-13-5-6-14(10-13)11(3-2-4-12(14)16)9-15(13)17-7-8-18-15/h2,4,11H,3,5-10H2,1H3/t11-,13-,14-/m0/s1. The Labute approximate surface area is 108 Å². The topological polar surface area (TPSA) is 35.5 Å². The molecular formula is C15H20O3. The Hall–Kier alpha value is -0.670. The average Bonchev–Trinajstić information content (AvgIpc) is 2.91. The first-order valence-corrected chi connectivity index (χ1v) is 7.09. The Morgan fingerprint density at radius 1 is 1.28 bits per heavy atom. The van der Waals surface area contributed by atoms with Crippen molar-refractivity contribution in [1.82, 2.24) is 0 Å². The third-order valence-corrected chi connectivity index (χ3v) is 5.98. The van der Waals surface area contributed by atoms with Crippen molar-refractivity contribution in [2.45, 2.75) is 44.8 Å². The fourth-order valence-electron chi connectivity index (χ4n) is 4.96. The normalized spacial score (nSPS) is 48.7. The maximum Gasteiger partial charge on any atom is 0.174 e. The van der Waals surface area contributed by atoms with Crippen molar-refractivity contribution < 1.29 is 14.3 Å². The van der Waals surface area contributed by atoms with Crippen LogP contribution < -0.4 is 0 Å². The molecule has 2 spiro atoms. The van der Waals surface area contributed by atoms with E-state index in [9.17, 15) is 4.79 Å². The fraction of sp³-hybridized carbons (Fsp3) is 0.800. The van der Waals surface area contributed by atoms with Crippen molar-refractivity contribution in [3.8, 4) is 0 Å². The van der Waals surface area contributed by atoms with Crippen LogP contribution in [0.4, 0.5) is 0 Å². The highest BCUT2D eigenvalue weighted by Gasteiger charge is 2.68. The van der Waals surface area contributed by atoms with Gasteiger partial charge >= 0.3 is 0 Å². The molecule has 18 heavy (non-hydrogen) atoms. The number of hydrogen-bond donors (Lipinski definition) is 0. The summed E-state index contributed by atoms with van der Waals surface area (Å²) in [6, 6.07) is 0. The molecular weight excluding hydrogens is 228 g/mol. The zero-order chi connectivity index (χ0) is 12.4. The summed E-state index contributed by atoms with van der Waals surface area (Å²) in [6.45, 7) is 3.67. The molecule has 3 fully saturated rings. The van der Waals surface area contributed by atoms with Crippen LogP contribution in [0.5, 0.6) is 0 Å². The first-order chi connectivity index (χ1) is 8.60. The summed E-state index contributed by atoms with van der Waals surface area (Å²) in [4.78, 5) is 12.4.